The van der Waals surface area contributed by atoms with Crippen molar-refractivity contribution in [3.8, 4) is 11.5 Å². The fourth-order valence-electron chi connectivity index (χ4n) is 10.5. The van der Waals surface area contributed by atoms with Gasteiger partial charge in [-0.3, -0.25) is 9.78 Å². The van der Waals surface area contributed by atoms with E-state index in [1.54, 1.807) is 6.08 Å². The van der Waals surface area contributed by atoms with Crippen LogP contribution in [-0.4, -0.2) is 83.3 Å². The van der Waals surface area contributed by atoms with E-state index in [1.165, 1.54) is 38.5 Å². The average Bonchev–Trinajstić information content (AvgIpc) is 3.30. The SMILES string of the molecule is C=CCO[C@@]12Oc3ccc(OCc4cccc(C)n4)cc3[C@H]3[C@H](CCCCO)[C@@H](CCCCO)C=C(C(=NOC4CCCCO4)C[C@@H]1N(C)C(=O)CCCCCCCCCCC)[C@H]32. The van der Waals surface area contributed by atoms with Crippen LogP contribution in [0.15, 0.2) is 65.9 Å². The van der Waals surface area contributed by atoms with E-state index in [-0.39, 0.29) is 49.4 Å². The molecule has 0 bridgehead atoms. The molecule has 1 saturated heterocycles. The Balaban J connectivity index is 1.41. The molecule has 1 saturated carbocycles. The highest BCUT2D eigenvalue weighted by Crippen LogP contribution is 2.62. The number of aliphatic hydroxyl groups is 2. The van der Waals surface area contributed by atoms with Gasteiger partial charge in [-0.2, -0.15) is 0 Å². The number of carbonyl (C=O) groups is 1. The Morgan fingerprint density at radius 2 is 1.75 bits per heavy atom. The Morgan fingerprint density at radius 1 is 0.984 bits per heavy atom. The van der Waals surface area contributed by atoms with Crippen LogP contribution >= 0.6 is 0 Å². The van der Waals surface area contributed by atoms with Crippen molar-refractivity contribution in [2.75, 3.05) is 33.5 Å². The van der Waals surface area contributed by atoms with Crippen LogP contribution in [0.1, 0.15) is 158 Å². The molecule has 6 rings (SSSR count). The maximum absolute atomic E-state index is 14.5. The summed E-state index contributed by atoms with van der Waals surface area (Å²) in [7, 11) is 1.90. The zero-order chi connectivity index (χ0) is 44.4. The molecule has 2 aliphatic heterocycles. The standard InChI is InChI=1S/C52H77N3O8/c1-5-7-8-9-10-11-12-13-14-26-48(58)55(4)47-36-45(54-63-49-27-17-20-33-59-49)43-34-39(23-15-18-30-56)42(25-16-19-31-57)50-44-35-41(60-37-40-24-21-22-38(3)53-40)28-29-46(44)62-52(47,51(43)50)61-32-6-2/h6,21-22,24,28-29,34-35,39,42,47,49-51,56-57H,2,5,7-20,23,25-27,30-33,36-37H2,1,3-4H3/t39-,42+,47-,49?,50+,51+,52+/m0/s1. The van der Waals surface area contributed by atoms with Gasteiger partial charge in [-0.25, -0.2) is 0 Å². The summed E-state index contributed by atoms with van der Waals surface area (Å²) in [5, 5.41) is 24.9. The van der Waals surface area contributed by atoms with Gasteiger partial charge in [0.1, 0.15) is 24.1 Å². The molecule has 1 aromatic heterocycles. The van der Waals surface area contributed by atoms with Crippen LogP contribution < -0.4 is 9.47 Å². The molecule has 0 spiro atoms. The third-order valence-electron chi connectivity index (χ3n) is 13.8. The number of carbonyl (C=O) groups excluding carboxylic acids is 1. The zero-order valence-electron chi connectivity index (χ0n) is 38.7. The van der Waals surface area contributed by atoms with Gasteiger partial charge in [-0.1, -0.05) is 94.5 Å². The van der Waals surface area contributed by atoms with Crippen LogP contribution in [0.25, 0.3) is 0 Å². The quantitative estimate of drug-likeness (QED) is 0.0511. The molecule has 0 radical (unpaired) electrons. The lowest BCUT2D eigenvalue weighted by molar-refractivity contribution is -0.256. The van der Waals surface area contributed by atoms with E-state index in [2.05, 4.69) is 30.6 Å². The number of hydrogen-bond donors (Lipinski definition) is 2. The molecule has 1 aromatic carbocycles. The summed E-state index contributed by atoms with van der Waals surface area (Å²) >= 11 is 0. The second-order valence-electron chi connectivity index (χ2n) is 18.3. The summed E-state index contributed by atoms with van der Waals surface area (Å²) in [5.74, 6) is -0.0353. The Morgan fingerprint density at radius 3 is 2.46 bits per heavy atom. The first-order valence-electron chi connectivity index (χ1n) is 24.5. The molecular formula is C52H77N3O8. The van der Waals surface area contributed by atoms with Gasteiger partial charge in [0.15, 0.2) is 0 Å². The molecule has 2 fully saturated rings. The molecule has 63 heavy (non-hydrogen) atoms. The van der Waals surface area contributed by atoms with Crippen molar-refractivity contribution in [2.24, 2.45) is 22.9 Å². The molecule has 1 unspecified atom stereocenters. The number of hydrogen-bond acceptors (Lipinski definition) is 10. The lowest BCUT2D eigenvalue weighted by Crippen LogP contribution is -2.69. The average molecular weight is 872 g/mol. The van der Waals surface area contributed by atoms with Crippen molar-refractivity contribution in [2.45, 2.75) is 173 Å². The second-order valence-corrected chi connectivity index (χ2v) is 18.3. The highest BCUT2D eigenvalue weighted by molar-refractivity contribution is 6.03. The summed E-state index contributed by atoms with van der Waals surface area (Å²) < 4.78 is 26.9. The molecule has 11 nitrogen and oxygen atoms in total. The monoisotopic (exact) mass is 872 g/mol. The predicted molar refractivity (Wildman–Crippen MR) is 248 cm³/mol. The van der Waals surface area contributed by atoms with Gasteiger partial charge in [0.2, 0.25) is 18.0 Å². The summed E-state index contributed by atoms with van der Waals surface area (Å²) in [5.41, 5.74) is 4.62. The Bertz CT molecular complexity index is 1790. The maximum atomic E-state index is 14.5. The van der Waals surface area contributed by atoms with Crippen molar-refractivity contribution in [1.82, 2.24) is 9.88 Å². The first kappa shape index (κ1) is 48.7. The molecule has 2 aromatic rings. The number of likely N-dealkylation sites (N-methyl/N-ethyl adjacent to an activating group) is 1. The topological polar surface area (TPSA) is 132 Å². The molecule has 1 amide bonds. The summed E-state index contributed by atoms with van der Waals surface area (Å²) in [6.07, 6.45) is 22.8. The number of allylic oxidation sites excluding steroid dienone is 1. The number of fused-ring (bicyclic) bond motifs is 2. The molecule has 7 atom stereocenters. The van der Waals surface area contributed by atoms with Gasteiger partial charge in [-0.15, -0.1) is 6.58 Å². The number of aromatic nitrogens is 1. The minimum absolute atomic E-state index is 0.0597. The Kier molecular flexibility index (Phi) is 19.4. The third-order valence-corrected chi connectivity index (χ3v) is 13.8. The van der Waals surface area contributed by atoms with Gasteiger partial charge in [0.25, 0.3) is 0 Å². The van der Waals surface area contributed by atoms with Gasteiger partial charge >= 0.3 is 0 Å². The van der Waals surface area contributed by atoms with Crippen molar-refractivity contribution in [3.05, 3.63) is 77.7 Å². The van der Waals surface area contributed by atoms with Gasteiger partial charge < -0.3 is 38.9 Å². The number of aliphatic hydroxyl groups excluding tert-OH is 2. The predicted octanol–water partition coefficient (Wildman–Crippen LogP) is 10.5. The van der Waals surface area contributed by atoms with E-state index < -0.39 is 18.1 Å². The molecule has 2 aliphatic carbocycles. The Hall–Kier alpha value is -3.77. The largest absolute Gasteiger partial charge is 0.487 e. The number of nitrogens with zero attached hydrogens (tertiary/aromatic N) is 3. The number of benzene rings is 1. The number of ether oxygens (including phenoxy) is 4. The van der Waals surface area contributed by atoms with E-state index in [0.29, 0.717) is 44.6 Å². The van der Waals surface area contributed by atoms with Crippen LogP contribution in [0.4, 0.5) is 0 Å². The van der Waals surface area contributed by atoms with E-state index >= 15 is 0 Å². The van der Waals surface area contributed by atoms with Crippen LogP contribution in [0.3, 0.4) is 0 Å². The highest BCUT2D eigenvalue weighted by atomic mass is 16.8. The number of amides is 1. The highest BCUT2D eigenvalue weighted by Gasteiger charge is 2.65. The molecule has 4 aliphatic rings. The normalized spacial score (nSPS) is 25.7. The molecule has 3 heterocycles. The van der Waals surface area contributed by atoms with Gasteiger partial charge in [0, 0.05) is 56.7 Å². The second kappa shape index (κ2) is 25.1. The van der Waals surface area contributed by atoms with Crippen LogP contribution in [0.2, 0.25) is 0 Å². The van der Waals surface area contributed by atoms with E-state index in [4.69, 9.17) is 28.9 Å². The van der Waals surface area contributed by atoms with Crippen molar-refractivity contribution in [1.29, 1.82) is 0 Å². The van der Waals surface area contributed by atoms with Crippen LogP contribution in [-0.2, 0) is 25.7 Å². The first-order chi connectivity index (χ1) is 30.8. The van der Waals surface area contributed by atoms with Crippen molar-refractivity contribution in [3.63, 3.8) is 0 Å². The lowest BCUT2D eigenvalue weighted by Gasteiger charge is -2.59. The molecule has 348 valence electrons. The molecule has 2 N–H and O–H groups in total. The molecule has 11 heteroatoms. The van der Waals surface area contributed by atoms with Crippen molar-refractivity contribution >= 4 is 11.6 Å². The summed E-state index contributed by atoms with van der Waals surface area (Å²) in [6, 6.07) is 11.5. The zero-order valence-corrected chi connectivity index (χ0v) is 38.7. The lowest BCUT2D eigenvalue weighted by atomic mass is 9.55. The van der Waals surface area contributed by atoms with E-state index in [1.807, 2.05) is 49.2 Å². The number of aryl methyl sites for hydroxylation is 1. The van der Waals surface area contributed by atoms with Gasteiger partial charge in [0.05, 0.1) is 30.5 Å². The first-order valence-corrected chi connectivity index (χ1v) is 24.5. The number of oxime groups is 1. The van der Waals surface area contributed by atoms with E-state index in [0.717, 1.165) is 98.2 Å². The minimum Gasteiger partial charge on any atom is -0.487 e. The van der Waals surface area contributed by atoms with Crippen molar-refractivity contribution < 1.29 is 38.8 Å². The maximum Gasteiger partial charge on any atom is 0.239 e. The fraction of sp³-hybridized carbons (Fsp3) is 0.673. The van der Waals surface area contributed by atoms with Crippen LogP contribution in [0, 0.1) is 24.7 Å². The summed E-state index contributed by atoms with van der Waals surface area (Å²) in [6.45, 7) is 9.74. The third kappa shape index (κ3) is 12.7. The van der Waals surface area contributed by atoms with Crippen LogP contribution in [0.5, 0.6) is 11.5 Å². The fourth-order valence-corrected chi connectivity index (χ4v) is 10.5. The van der Waals surface area contributed by atoms with Gasteiger partial charge in [-0.05, 0) is 99.6 Å². The molecular weight excluding hydrogens is 795 g/mol. The number of rotatable bonds is 27. The number of pyridine rings is 1. The number of unbranched alkanes of at least 4 members (excludes halogenated alkanes) is 10. The smallest absolute Gasteiger partial charge is 0.239 e. The summed E-state index contributed by atoms with van der Waals surface area (Å²) in [4.78, 5) is 27.3. The van der Waals surface area contributed by atoms with E-state index in [9.17, 15) is 15.0 Å². The Labute approximate surface area is 377 Å². The minimum atomic E-state index is -1.28.